The average Bonchev–Trinajstić information content (AvgIpc) is 2.99. The lowest BCUT2D eigenvalue weighted by Gasteiger charge is -2.09. The van der Waals surface area contributed by atoms with Crippen LogP contribution in [-0.4, -0.2) is 49.8 Å². The van der Waals surface area contributed by atoms with Gasteiger partial charge in [0, 0.05) is 31.2 Å². The van der Waals surface area contributed by atoms with Crippen LogP contribution in [0, 0.1) is 0 Å². The van der Waals surface area contributed by atoms with Crippen molar-refractivity contribution >= 4 is 23.7 Å². The summed E-state index contributed by atoms with van der Waals surface area (Å²) in [4.78, 5) is 13.1. The first kappa shape index (κ1) is 14.6. The van der Waals surface area contributed by atoms with Crippen molar-refractivity contribution in [1.29, 1.82) is 0 Å². The monoisotopic (exact) mass is 293 g/mol. The second-order valence-corrected chi connectivity index (χ2v) is 5.07. The van der Waals surface area contributed by atoms with Gasteiger partial charge in [0.25, 0.3) is 5.95 Å². The van der Waals surface area contributed by atoms with Gasteiger partial charge in [-0.2, -0.15) is 31.8 Å². The van der Waals surface area contributed by atoms with E-state index >= 15 is 0 Å². The predicted molar refractivity (Wildman–Crippen MR) is 82.6 cm³/mol. The molecule has 2 rings (SSSR count). The molecule has 0 radical (unpaired) electrons. The highest BCUT2D eigenvalue weighted by molar-refractivity contribution is 7.98. The second kappa shape index (κ2) is 7.68. The summed E-state index contributed by atoms with van der Waals surface area (Å²) in [6.45, 7) is 3.74. The van der Waals surface area contributed by atoms with Crippen molar-refractivity contribution in [3.05, 3.63) is 18.5 Å². The van der Waals surface area contributed by atoms with E-state index in [2.05, 4.69) is 43.9 Å². The number of nitrogens with one attached hydrogen (secondary N) is 2. The van der Waals surface area contributed by atoms with Gasteiger partial charge in [-0.05, 0) is 18.7 Å². The topological polar surface area (TPSA) is 80.5 Å². The van der Waals surface area contributed by atoms with Crippen molar-refractivity contribution < 1.29 is 0 Å². The fourth-order valence-corrected chi connectivity index (χ4v) is 1.82. The molecule has 2 aromatic rings. The summed E-state index contributed by atoms with van der Waals surface area (Å²) in [5, 5.41) is 10.5. The molecular formula is C12H19N7S. The first-order valence-corrected chi connectivity index (χ1v) is 7.95. The van der Waals surface area contributed by atoms with Gasteiger partial charge < -0.3 is 10.6 Å². The minimum absolute atomic E-state index is 0.509. The molecule has 108 valence electrons. The number of thioether (sulfide) groups is 1. The maximum atomic E-state index is 4.37. The molecule has 0 aliphatic heterocycles. The Morgan fingerprint density at radius 2 is 1.90 bits per heavy atom. The Balaban J connectivity index is 2.19. The maximum Gasteiger partial charge on any atom is 0.257 e. The Bertz CT molecular complexity index is 515. The smallest absolute Gasteiger partial charge is 0.257 e. The van der Waals surface area contributed by atoms with Crippen LogP contribution in [0.5, 0.6) is 0 Å². The van der Waals surface area contributed by atoms with E-state index in [1.54, 1.807) is 22.6 Å². The molecule has 0 aromatic carbocycles. The number of rotatable bonds is 8. The Labute approximate surface area is 122 Å². The van der Waals surface area contributed by atoms with Crippen LogP contribution in [-0.2, 0) is 0 Å². The third-order valence-electron chi connectivity index (χ3n) is 2.46. The van der Waals surface area contributed by atoms with Crippen molar-refractivity contribution in [2.24, 2.45) is 0 Å². The molecule has 20 heavy (non-hydrogen) atoms. The van der Waals surface area contributed by atoms with E-state index in [1.165, 1.54) is 0 Å². The zero-order valence-corrected chi connectivity index (χ0v) is 12.5. The zero-order chi connectivity index (χ0) is 14.2. The molecule has 0 saturated heterocycles. The van der Waals surface area contributed by atoms with E-state index in [9.17, 15) is 0 Å². The maximum absolute atomic E-state index is 4.37. The molecule has 2 aromatic heterocycles. The minimum Gasteiger partial charge on any atom is -0.354 e. The van der Waals surface area contributed by atoms with E-state index in [-0.39, 0.29) is 0 Å². The summed E-state index contributed by atoms with van der Waals surface area (Å²) >= 11 is 1.77. The van der Waals surface area contributed by atoms with Gasteiger partial charge in [0.15, 0.2) is 0 Å². The number of hydrogen-bond donors (Lipinski definition) is 2. The molecule has 2 N–H and O–H groups in total. The van der Waals surface area contributed by atoms with Gasteiger partial charge in [-0.3, -0.25) is 0 Å². The van der Waals surface area contributed by atoms with Crippen LogP contribution in [0.25, 0.3) is 5.95 Å². The Kier molecular flexibility index (Phi) is 5.60. The third kappa shape index (κ3) is 4.09. The lowest BCUT2D eigenvalue weighted by Crippen LogP contribution is -2.14. The molecule has 0 fully saturated rings. The van der Waals surface area contributed by atoms with Gasteiger partial charge >= 0.3 is 0 Å². The highest BCUT2D eigenvalue weighted by Crippen LogP contribution is 2.09. The second-order valence-electron chi connectivity index (χ2n) is 4.08. The summed E-state index contributed by atoms with van der Waals surface area (Å²) < 4.78 is 1.62. The molecule has 0 amide bonds. The minimum atomic E-state index is 0.509. The SMILES string of the molecule is CCCNc1nc(NCCSC)nc(-n2cccn2)n1. The van der Waals surface area contributed by atoms with Crippen molar-refractivity contribution in [2.45, 2.75) is 13.3 Å². The number of hydrogen-bond acceptors (Lipinski definition) is 7. The van der Waals surface area contributed by atoms with Gasteiger partial charge in [-0.15, -0.1) is 0 Å². The largest absolute Gasteiger partial charge is 0.354 e. The summed E-state index contributed by atoms with van der Waals surface area (Å²) in [6.07, 6.45) is 6.59. The summed E-state index contributed by atoms with van der Waals surface area (Å²) in [7, 11) is 0. The van der Waals surface area contributed by atoms with E-state index in [4.69, 9.17) is 0 Å². The quantitative estimate of drug-likeness (QED) is 0.716. The Hall–Kier alpha value is -1.83. The first-order valence-electron chi connectivity index (χ1n) is 6.56. The highest BCUT2D eigenvalue weighted by atomic mass is 32.2. The van der Waals surface area contributed by atoms with Crippen LogP contribution in [0.3, 0.4) is 0 Å². The van der Waals surface area contributed by atoms with Gasteiger partial charge in [0.1, 0.15) is 0 Å². The molecule has 2 heterocycles. The molecule has 0 aliphatic rings. The lowest BCUT2D eigenvalue weighted by molar-refractivity contribution is 0.794. The summed E-state index contributed by atoms with van der Waals surface area (Å²) in [6, 6.07) is 1.84. The lowest BCUT2D eigenvalue weighted by atomic mass is 10.5. The van der Waals surface area contributed by atoms with Crippen LogP contribution in [0.4, 0.5) is 11.9 Å². The molecule has 0 atom stereocenters. The van der Waals surface area contributed by atoms with Crippen LogP contribution in [0.2, 0.25) is 0 Å². The van der Waals surface area contributed by atoms with Crippen molar-refractivity contribution in [3.63, 3.8) is 0 Å². The van der Waals surface area contributed by atoms with Gasteiger partial charge in [-0.25, -0.2) is 4.68 Å². The summed E-state index contributed by atoms with van der Waals surface area (Å²) in [5.41, 5.74) is 0. The molecule has 8 heteroatoms. The molecule has 0 spiro atoms. The Morgan fingerprint density at radius 3 is 2.50 bits per heavy atom. The standard InChI is InChI=1S/C12H19N7S/c1-3-5-13-10-16-11(14-7-9-20-2)18-12(17-10)19-8-4-6-15-19/h4,6,8H,3,5,7,9H2,1-2H3,(H2,13,14,16,17,18). The fourth-order valence-electron chi connectivity index (χ4n) is 1.51. The van der Waals surface area contributed by atoms with Crippen molar-refractivity contribution in [2.75, 3.05) is 35.7 Å². The average molecular weight is 293 g/mol. The third-order valence-corrected chi connectivity index (χ3v) is 3.07. The highest BCUT2D eigenvalue weighted by Gasteiger charge is 2.07. The normalized spacial score (nSPS) is 10.5. The van der Waals surface area contributed by atoms with Crippen molar-refractivity contribution in [1.82, 2.24) is 24.7 Å². The van der Waals surface area contributed by atoms with E-state index in [0.29, 0.717) is 17.8 Å². The molecular weight excluding hydrogens is 274 g/mol. The number of nitrogens with zero attached hydrogens (tertiary/aromatic N) is 5. The zero-order valence-electron chi connectivity index (χ0n) is 11.7. The molecule has 0 unspecified atom stereocenters. The molecule has 0 saturated carbocycles. The molecule has 0 bridgehead atoms. The van der Waals surface area contributed by atoms with Gasteiger partial charge in [0.2, 0.25) is 11.9 Å². The molecule has 7 nitrogen and oxygen atoms in total. The van der Waals surface area contributed by atoms with E-state index in [0.717, 1.165) is 25.3 Å². The van der Waals surface area contributed by atoms with Crippen LogP contribution >= 0.6 is 11.8 Å². The Morgan fingerprint density at radius 1 is 1.15 bits per heavy atom. The van der Waals surface area contributed by atoms with Crippen molar-refractivity contribution in [3.8, 4) is 5.95 Å². The number of aromatic nitrogens is 5. The summed E-state index contributed by atoms with van der Waals surface area (Å²) in [5.74, 6) is 2.65. The molecule has 0 aliphatic carbocycles. The van der Waals surface area contributed by atoms with Gasteiger partial charge in [0.05, 0.1) is 0 Å². The van der Waals surface area contributed by atoms with E-state index < -0.39 is 0 Å². The number of anilines is 2. The van der Waals surface area contributed by atoms with E-state index in [1.807, 2.05) is 12.3 Å². The van der Waals surface area contributed by atoms with Crippen LogP contribution in [0.15, 0.2) is 18.5 Å². The van der Waals surface area contributed by atoms with Gasteiger partial charge in [-0.1, -0.05) is 6.92 Å². The first-order chi connectivity index (χ1) is 9.83. The predicted octanol–water partition coefficient (Wildman–Crippen LogP) is 1.65. The van der Waals surface area contributed by atoms with Crippen LogP contribution < -0.4 is 10.6 Å². The fraction of sp³-hybridized carbons (Fsp3) is 0.500. The van der Waals surface area contributed by atoms with Crippen LogP contribution in [0.1, 0.15) is 13.3 Å².